The third kappa shape index (κ3) is 2.44. The van der Waals surface area contributed by atoms with Gasteiger partial charge in [-0.05, 0) is 18.2 Å². The highest BCUT2D eigenvalue weighted by Crippen LogP contribution is 2.27. The van der Waals surface area contributed by atoms with Crippen LogP contribution in [0.5, 0.6) is 0 Å². The highest BCUT2D eigenvalue weighted by Gasteiger charge is 2.40. The lowest BCUT2D eigenvalue weighted by molar-refractivity contribution is -0.0884. The summed E-state index contributed by atoms with van der Waals surface area (Å²) < 4.78 is 36.7. The van der Waals surface area contributed by atoms with Crippen LogP contribution in [0.3, 0.4) is 0 Å². The Labute approximate surface area is 90.6 Å². The number of nitrogens with two attached hydrogens (primary N) is 1. The predicted octanol–water partition coefficient (Wildman–Crippen LogP) is 2.08. The molecule has 1 rings (SSSR count). The Morgan fingerprint density at radius 3 is 2.31 bits per heavy atom. The zero-order valence-corrected chi connectivity index (χ0v) is 8.80. The maximum absolute atomic E-state index is 12.2. The van der Waals surface area contributed by atoms with Gasteiger partial charge in [-0.2, -0.15) is 13.2 Å². The number of rotatable bonds is 2. The largest absolute Gasteiger partial charge is 0.454 e. The zero-order chi connectivity index (χ0) is 12.5. The first-order valence-corrected chi connectivity index (χ1v) is 4.42. The van der Waals surface area contributed by atoms with Crippen molar-refractivity contribution in [3.63, 3.8) is 0 Å². The molecule has 1 aromatic rings. The van der Waals surface area contributed by atoms with Gasteiger partial charge < -0.3 is 10.6 Å². The first-order valence-electron chi connectivity index (χ1n) is 4.42. The molecule has 3 nitrogen and oxygen atoms in total. The number of nitrogens with zero attached hydrogens (tertiary/aromatic N) is 1. The molecule has 0 aliphatic carbocycles. The molecule has 0 aliphatic rings. The van der Waals surface area contributed by atoms with Gasteiger partial charge >= 0.3 is 6.18 Å². The van der Waals surface area contributed by atoms with Crippen molar-refractivity contribution in [2.24, 2.45) is 0 Å². The Morgan fingerprint density at radius 1 is 1.31 bits per heavy atom. The molecule has 0 bridgehead atoms. The Kier molecular flexibility index (Phi) is 3.11. The SMILES string of the molecule is CN(C)c1ccc(N)c(C(=O)C(F)(F)F)c1. The molecular formula is C10H11F3N2O. The molecule has 0 spiro atoms. The van der Waals surface area contributed by atoms with Crippen molar-refractivity contribution in [3.05, 3.63) is 23.8 Å². The number of hydrogen-bond acceptors (Lipinski definition) is 3. The normalized spacial score (nSPS) is 11.3. The Bertz CT molecular complexity index is 413. The van der Waals surface area contributed by atoms with E-state index < -0.39 is 17.5 Å². The van der Waals surface area contributed by atoms with Gasteiger partial charge in [0.2, 0.25) is 0 Å². The topological polar surface area (TPSA) is 46.3 Å². The van der Waals surface area contributed by atoms with Crippen molar-refractivity contribution in [2.75, 3.05) is 24.7 Å². The Hall–Kier alpha value is -1.72. The summed E-state index contributed by atoms with van der Waals surface area (Å²) in [5, 5.41) is 0. The number of anilines is 2. The van der Waals surface area contributed by atoms with Crippen LogP contribution in [0.4, 0.5) is 24.5 Å². The molecule has 6 heteroatoms. The summed E-state index contributed by atoms with van der Waals surface area (Å²) in [6, 6.07) is 3.96. The number of alkyl halides is 3. The van der Waals surface area contributed by atoms with Gasteiger partial charge in [-0.1, -0.05) is 0 Å². The van der Waals surface area contributed by atoms with Crippen molar-refractivity contribution in [2.45, 2.75) is 6.18 Å². The van der Waals surface area contributed by atoms with Crippen molar-refractivity contribution in [3.8, 4) is 0 Å². The van der Waals surface area contributed by atoms with E-state index in [1.54, 1.807) is 25.1 Å². The lowest BCUT2D eigenvalue weighted by Gasteiger charge is -2.15. The molecule has 0 saturated heterocycles. The molecule has 0 aromatic heterocycles. The molecule has 88 valence electrons. The summed E-state index contributed by atoms with van der Waals surface area (Å²) in [6.45, 7) is 0. The number of benzene rings is 1. The number of hydrogen-bond donors (Lipinski definition) is 1. The van der Waals surface area contributed by atoms with Crippen LogP contribution in [0, 0.1) is 0 Å². The molecule has 0 aliphatic heterocycles. The smallest absolute Gasteiger partial charge is 0.398 e. The average Bonchev–Trinajstić information content (AvgIpc) is 2.15. The minimum absolute atomic E-state index is 0.173. The van der Waals surface area contributed by atoms with Crippen LogP contribution < -0.4 is 10.6 Å². The summed E-state index contributed by atoms with van der Waals surface area (Å²) in [7, 11) is 3.32. The summed E-state index contributed by atoms with van der Waals surface area (Å²) >= 11 is 0. The summed E-state index contributed by atoms with van der Waals surface area (Å²) in [4.78, 5) is 12.6. The van der Waals surface area contributed by atoms with E-state index in [0.29, 0.717) is 5.69 Å². The van der Waals surface area contributed by atoms with Crippen molar-refractivity contribution >= 4 is 17.2 Å². The van der Waals surface area contributed by atoms with Gasteiger partial charge in [0.15, 0.2) is 0 Å². The maximum atomic E-state index is 12.2. The molecule has 0 heterocycles. The molecule has 0 unspecified atom stereocenters. The van der Waals surface area contributed by atoms with Crippen LogP contribution in [-0.2, 0) is 0 Å². The van der Waals surface area contributed by atoms with Gasteiger partial charge in [0.25, 0.3) is 5.78 Å². The fourth-order valence-electron chi connectivity index (χ4n) is 1.17. The zero-order valence-electron chi connectivity index (χ0n) is 8.80. The number of carbonyl (C=O) groups is 1. The van der Waals surface area contributed by atoms with E-state index in [-0.39, 0.29) is 5.69 Å². The van der Waals surface area contributed by atoms with Crippen LogP contribution in [0.15, 0.2) is 18.2 Å². The van der Waals surface area contributed by atoms with Crippen LogP contribution in [0.1, 0.15) is 10.4 Å². The number of nitrogen functional groups attached to an aromatic ring is 1. The number of Topliss-reactive ketones (excluding diaryl/α,β-unsaturated/α-hetero) is 1. The Balaban J connectivity index is 3.23. The van der Waals surface area contributed by atoms with Crippen LogP contribution in [0.25, 0.3) is 0 Å². The number of ketones is 1. The van der Waals surface area contributed by atoms with E-state index >= 15 is 0 Å². The van der Waals surface area contributed by atoms with Gasteiger partial charge in [0.05, 0.1) is 5.56 Å². The van der Waals surface area contributed by atoms with E-state index in [1.165, 1.54) is 6.07 Å². The second-order valence-corrected chi connectivity index (χ2v) is 3.49. The molecule has 0 fully saturated rings. The highest BCUT2D eigenvalue weighted by molar-refractivity contribution is 6.05. The molecular weight excluding hydrogens is 221 g/mol. The summed E-state index contributed by atoms with van der Waals surface area (Å²) in [5.74, 6) is -1.92. The molecule has 16 heavy (non-hydrogen) atoms. The maximum Gasteiger partial charge on any atom is 0.454 e. The summed E-state index contributed by atoms with van der Waals surface area (Å²) in [6.07, 6.45) is -4.90. The first-order chi connectivity index (χ1) is 7.23. The first kappa shape index (κ1) is 12.4. The molecule has 0 saturated carbocycles. The third-order valence-electron chi connectivity index (χ3n) is 2.06. The Morgan fingerprint density at radius 2 is 1.88 bits per heavy atom. The van der Waals surface area contributed by atoms with E-state index in [0.717, 1.165) is 6.07 Å². The van der Waals surface area contributed by atoms with Gasteiger partial charge in [-0.25, -0.2) is 0 Å². The van der Waals surface area contributed by atoms with Gasteiger partial charge in [-0.3, -0.25) is 4.79 Å². The van der Waals surface area contributed by atoms with Crippen LogP contribution in [-0.4, -0.2) is 26.1 Å². The van der Waals surface area contributed by atoms with Crippen LogP contribution in [0.2, 0.25) is 0 Å². The second-order valence-electron chi connectivity index (χ2n) is 3.49. The molecule has 1 aromatic carbocycles. The molecule has 2 N–H and O–H groups in total. The van der Waals surface area contributed by atoms with Crippen molar-refractivity contribution in [1.82, 2.24) is 0 Å². The van der Waals surface area contributed by atoms with Gasteiger partial charge in [0.1, 0.15) is 0 Å². The average molecular weight is 232 g/mol. The second kappa shape index (κ2) is 4.03. The summed E-state index contributed by atoms with van der Waals surface area (Å²) in [5.41, 5.74) is 5.15. The fraction of sp³-hybridized carbons (Fsp3) is 0.300. The quantitative estimate of drug-likeness (QED) is 0.627. The highest BCUT2D eigenvalue weighted by atomic mass is 19.4. The van der Waals surface area contributed by atoms with E-state index in [1.807, 2.05) is 0 Å². The van der Waals surface area contributed by atoms with E-state index in [9.17, 15) is 18.0 Å². The van der Waals surface area contributed by atoms with Crippen molar-refractivity contribution in [1.29, 1.82) is 0 Å². The standard InChI is InChI=1S/C10H11F3N2O/c1-15(2)6-3-4-8(14)7(5-6)9(16)10(11,12)13/h3-5H,14H2,1-2H3. The van der Waals surface area contributed by atoms with Gasteiger partial charge in [0, 0.05) is 25.5 Å². The third-order valence-corrected chi connectivity index (χ3v) is 2.06. The van der Waals surface area contributed by atoms with E-state index in [4.69, 9.17) is 5.73 Å². The minimum atomic E-state index is -4.90. The monoisotopic (exact) mass is 232 g/mol. The minimum Gasteiger partial charge on any atom is -0.398 e. The molecule has 0 amide bonds. The lowest BCUT2D eigenvalue weighted by atomic mass is 10.1. The number of carbonyl (C=O) groups excluding carboxylic acids is 1. The predicted molar refractivity (Wildman–Crippen MR) is 55.6 cm³/mol. The lowest BCUT2D eigenvalue weighted by Crippen LogP contribution is -2.24. The van der Waals surface area contributed by atoms with Crippen LogP contribution >= 0.6 is 0 Å². The molecule has 0 atom stereocenters. The van der Waals surface area contributed by atoms with Crippen molar-refractivity contribution < 1.29 is 18.0 Å². The number of halogens is 3. The van der Waals surface area contributed by atoms with Gasteiger partial charge in [-0.15, -0.1) is 0 Å². The molecule has 0 radical (unpaired) electrons. The van der Waals surface area contributed by atoms with E-state index in [2.05, 4.69) is 0 Å². The fourth-order valence-corrected chi connectivity index (χ4v) is 1.17.